The fourth-order valence-electron chi connectivity index (χ4n) is 2.04. The number of nitrogens with zero attached hydrogens (tertiary/aromatic N) is 1. The second-order valence-corrected chi connectivity index (χ2v) is 5.59. The number of hydrogen-bond donors (Lipinski definition) is 3. The van der Waals surface area contributed by atoms with Crippen molar-refractivity contribution in [3.05, 3.63) is 24.0 Å². The summed E-state index contributed by atoms with van der Waals surface area (Å²) in [6, 6.07) is 4.31. The zero-order valence-corrected chi connectivity index (χ0v) is 13.7. The van der Waals surface area contributed by atoms with Crippen molar-refractivity contribution in [1.82, 2.24) is 5.32 Å². The highest BCUT2D eigenvalue weighted by atomic mass is 19.1. The van der Waals surface area contributed by atoms with Crippen LogP contribution in [0.3, 0.4) is 0 Å². The Morgan fingerprint density at radius 3 is 2.59 bits per heavy atom. The molecule has 0 aliphatic rings. The van der Waals surface area contributed by atoms with Gasteiger partial charge in [0.25, 0.3) is 0 Å². The molecule has 22 heavy (non-hydrogen) atoms. The SMILES string of the molecule is CCC(CCO)NC(=O)Nc1ccc(N(C)C(C)C)c(F)c1. The monoisotopic (exact) mass is 311 g/mol. The predicted octanol–water partition coefficient (Wildman–Crippen LogP) is 2.95. The van der Waals surface area contributed by atoms with Gasteiger partial charge in [-0.1, -0.05) is 6.92 Å². The van der Waals surface area contributed by atoms with Crippen molar-refractivity contribution < 1.29 is 14.3 Å². The number of nitrogens with one attached hydrogen (secondary N) is 2. The summed E-state index contributed by atoms with van der Waals surface area (Å²) >= 11 is 0. The van der Waals surface area contributed by atoms with Crippen LogP contribution in [0.2, 0.25) is 0 Å². The van der Waals surface area contributed by atoms with Crippen molar-refractivity contribution >= 4 is 17.4 Å². The third kappa shape index (κ3) is 5.18. The van der Waals surface area contributed by atoms with Gasteiger partial charge < -0.3 is 20.6 Å². The fraction of sp³-hybridized carbons (Fsp3) is 0.562. The van der Waals surface area contributed by atoms with Crippen LogP contribution in [-0.2, 0) is 0 Å². The summed E-state index contributed by atoms with van der Waals surface area (Å²) in [4.78, 5) is 13.7. The van der Waals surface area contributed by atoms with Crippen LogP contribution < -0.4 is 15.5 Å². The van der Waals surface area contributed by atoms with Crippen LogP contribution in [0.5, 0.6) is 0 Å². The lowest BCUT2D eigenvalue weighted by Crippen LogP contribution is -2.38. The van der Waals surface area contributed by atoms with E-state index in [-0.39, 0.29) is 24.5 Å². The van der Waals surface area contributed by atoms with Gasteiger partial charge in [-0.2, -0.15) is 0 Å². The van der Waals surface area contributed by atoms with Crippen LogP contribution in [0.4, 0.5) is 20.6 Å². The van der Waals surface area contributed by atoms with Crippen molar-refractivity contribution in [3.63, 3.8) is 0 Å². The third-order valence-corrected chi connectivity index (χ3v) is 3.67. The molecule has 0 saturated carbocycles. The number of benzene rings is 1. The Labute approximate surface area is 131 Å². The molecule has 0 aromatic heterocycles. The molecule has 124 valence electrons. The maximum absolute atomic E-state index is 14.1. The first kappa shape index (κ1) is 18.2. The number of anilines is 2. The van der Waals surface area contributed by atoms with Gasteiger partial charge in [0.05, 0.1) is 5.69 Å². The average molecular weight is 311 g/mol. The zero-order chi connectivity index (χ0) is 16.7. The van der Waals surface area contributed by atoms with Crippen molar-refractivity contribution in [2.24, 2.45) is 0 Å². The molecule has 0 aliphatic heterocycles. The number of hydrogen-bond acceptors (Lipinski definition) is 3. The Hall–Kier alpha value is -1.82. The standard InChI is InChI=1S/C16H26FN3O2/c1-5-12(8-9-21)18-16(22)19-13-6-7-15(14(17)10-13)20(4)11(2)3/h6-7,10-12,21H,5,8-9H2,1-4H3,(H2,18,19,22). The topological polar surface area (TPSA) is 64.6 Å². The number of carbonyl (C=O) groups is 1. The zero-order valence-electron chi connectivity index (χ0n) is 13.7. The summed E-state index contributed by atoms with van der Waals surface area (Å²) in [5.74, 6) is -0.378. The van der Waals surface area contributed by atoms with Crippen molar-refractivity contribution in [3.8, 4) is 0 Å². The molecule has 0 aliphatic carbocycles. The summed E-state index contributed by atoms with van der Waals surface area (Å²) < 4.78 is 14.1. The van der Waals surface area contributed by atoms with Crippen molar-refractivity contribution in [2.45, 2.75) is 45.7 Å². The molecule has 0 spiro atoms. The Kier molecular flexibility index (Phi) is 7.11. The van der Waals surface area contributed by atoms with Crippen LogP contribution in [0.1, 0.15) is 33.6 Å². The smallest absolute Gasteiger partial charge is 0.319 e. The number of aliphatic hydroxyl groups excluding tert-OH is 1. The molecule has 6 heteroatoms. The van der Waals surface area contributed by atoms with Gasteiger partial charge in [0.15, 0.2) is 0 Å². The highest BCUT2D eigenvalue weighted by molar-refractivity contribution is 5.89. The Morgan fingerprint density at radius 2 is 2.09 bits per heavy atom. The van der Waals surface area contributed by atoms with Gasteiger partial charge in [-0.15, -0.1) is 0 Å². The molecule has 3 N–H and O–H groups in total. The van der Waals surface area contributed by atoms with Gasteiger partial charge >= 0.3 is 6.03 Å². The molecule has 1 unspecified atom stereocenters. The second kappa shape index (κ2) is 8.58. The number of rotatable bonds is 7. The molecule has 0 bridgehead atoms. The van der Waals surface area contributed by atoms with Crippen LogP contribution in [0.15, 0.2) is 18.2 Å². The molecule has 1 rings (SSSR count). The highest BCUT2D eigenvalue weighted by Crippen LogP contribution is 2.23. The third-order valence-electron chi connectivity index (χ3n) is 3.67. The number of aliphatic hydroxyl groups is 1. The van der Waals surface area contributed by atoms with Gasteiger partial charge in [0.2, 0.25) is 0 Å². The minimum Gasteiger partial charge on any atom is -0.396 e. The minimum atomic E-state index is -0.398. The van der Waals surface area contributed by atoms with E-state index in [1.807, 2.05) is 32.7 Å². The van der Waals surface area contributed by atoms with E-state index in [1.165, 1.54) is 6.07 Å². The first-order chi connectivity index (χ1) is 10.4. The summed E-state index contributed by atoms with van der Waals surface area (Å²) in [6.07, 6.45) is 1.22. The number of carbonyl (C=O) groups excluding carboxylic acids is 1. The largest absolute Gasteiger partial charge is 0.396 e. The van der Waals surface area contributed by atoms with E-state index in [9.17, 15) is 9.18 Å². The van der Waals surface area contributed by atoms with Crippen LogP contribution in [-0.4, -0.2) is 36.9 Å². The molecular formula is C16H26FN3O2. The van der Waals surface area contributed by atoms with E-state index in [4.69, 9.17) is 5.11 Å². The lowest BCUT2D eigenvalue weighted by atomic mass is 10.1. The van der Waals surface area contributed by atoms with Gasteiger partial charge in [-0.3, -0.25) is 0 Å². The van der Waals surface area contributed by atoms with Crippen molar-refractivity contribution in [1.29, 1.82) is 0 Å². The summed E-state index contributed by atoms with van der Waals surface area (Å²) in [6.45, 7) is 5.90. The molecule has 1 atom stereocenters. The van der Waals surface area contributed by atoms with Gasteiger partial charge in [-0.05, 0) is 44.9 Å². The van der Waals surface area contributed by atoms with Crippen LogP contribution >= 0.6 is 0 Å². The lowest BCUT2D eigenvalue weighted by Gasteiger charge is -2.24. The quantitative estimate of drug-likeness (QED) is 0.725. The maximum atomic E-state index is 14.1. The molecule has 0 fully saturated rings. The lowest BCUT2D eigenvalue weighted by molar-refractivity contribution is 0.237. The first-order valence-corrected chi connectivity index (χ1v) is 7.59. The highest BCUT2D eigenvalue weighted by Gasteiger charge is 2.13. The Bertz CT molecular complexity index is 494. The summed E-state index contributed by atoms with van der Waals surface area (Å²) in [7, 11) is 1.82. The Balaban J connectivity index is 2.71. The summed E-state index contributed by atoms with van der Waals surface area (Å²) in [5, 5.41) is 14.3. The van der Waals surface area contributed by atoms with Crippen molar-refractivity contribution in [2.75, 3.05) is 23.9 Å². The fourth-order valence-corrected chi connectivity index (χ4v) is 2.04. The number of halogens is 1. The van der Waals surface area contributed by atoms with E-state index >= 15 is 0 Å². The van der Waals surface area contributed by atoms with E-state index in [2.05, 4.69) is 10.6 Å². The molecular weight excluding hydrogens is 285 g/mol. The molecule has 1 aromatic rings. The van der Waals surface area contributed by atoms with Gasteiger partial charge in [0.1, 0.15) is 5.82 Å². The average Bonchev–Trinajstić information content (AvgIpc) is 2.46. The Morgan fingerprint density at radius 1 is 1.41 bits per heavy atom. The van der Waals surface area contributed by atoms with Crippen LogP contribution in [0, 0.1) is 5.82 Å². The number of urea groups is 1. The second-order valence-electron chi connectivity index (χ2n) is 5.59. The molecule has 5 nitrogen and oxygen atoms in total. The molecule has 2 amide bonds. The number of amides is 2. The van der Waals surface area contributed by atoms with E-state index in [0.29, 0.717) is 17.8 Å². The van der Waals surface area contributed by atoms with Gasteiger partial charge in [-0.25, -0.2) is 9.18 Å². The van der Waals surface area contributed by atoms with E-state index in [1.54, 1.807) is 12.1 Å². The molecule has 1 aromatic carbocycles. The van der Waals surface area contributed by atoms with Gasteiger partial charge in [0, 0.05) is 31.4 Å². The predicted molar refractivity (Wildman–Crippen MR) is 87.9 cm³/mol. The minimum absolute atomic E-state index is 0.0175. The maximum Gasteiger partial charge on any atom is 0.319 e. The molecule has 0 saturated heterocycles. The van der Waals surface area contributed by atoms with E-state index < -0.39 is 6.03 Å². The molecule has 0 radical (unpaired) electrons. The van der Waals surface area contributed by atoms with E-state index in [0.717, 1.165) is 6.42 Å². The molecule has 0 heterocycles. The van der Waals surface area contributed by atoms with Crippen LogP contribution in [0.25, 0.3) is 0 Å². The first-order valence-electron chi connectivity index (χ1n) is 7.59. The summed E-state index contributed by atoms with van der Waals surface area (Å²) in [5.41, 5.74) is 0.891. The normalized spacial score (nSPS) is 12.1.